The zero-order valence-electron chi connectivity index (χ0n) is 12.2. The van der Waals surface area contributed by atoms with Crippen LogP contribution < -0.4 is 5.73 Å². The highest BCUT2D eigenvalue weighted by molar-refractivity contribution is 5.00. The van der Waals surface area contributed by atoms with Gasteiger partial charge in [-0.15, -0.1) is 0 Å². The van der Waals surface area contributed by atoms with Gasteiger partial charge in [0.05, 0.1) is 6.04 Å². The third-order valence-electron chi connectivity index (χ3n) is 4.11. The number of nitrogens with zero attached hydrogens (tertiary/aromatic N) is 2. The van der Waals surface area contributed by atoms with Gasteiger partial charge in [0.15, 0.2) is 5.82 Å². The van der Waals surface area contributed by atoms with Crippen LogP contribution in [0.4, 0.5) is 0 Å². The minimum atomic E-state index is -0.221. The second kappa shape index (κ2) is 6.01. The molecule has 2 N–H and O–H groups in total. The zero-order chi connectivity index (χ0) is 13.9. The molecule has 5 nitrogen and oxygen atoms in total. The maximum Gasteiger partial charge on any atom is 0.243 e. The van der Waals surface area contributed by atoms with Crippen LogP contribution in [0.25, 0.3) is 0 Å². The first kappa shape index (κ1) is 14.5. The average molecular weight is 267 g/mol. The van der Waals surface area contributed by atoms with Crippen molar-refractivity contribution in [2.24, 2.45) is 11.1 Å². The maximum absolute atomic E-state index is 5.99. The number of aromatic nitrogens is 2. The van der Waals surface area contributed by atoms with Gasteiger partial charge in [0.2, 0.25) is 5.89 Å². The molecule has 1 unspecified atom stereocenters. The molecule has 1 saturated carbocycles. The lowest BCUT2D eigenvalue weighted by atomic mass is 9.73. The summed E-state index contributed by atoms with van der Waals surface area (Å²) in [5.74, 6) is 1.80. The van der Waals surface area contributed by atoms with E-state index in [1.54, 1.807) is 7.11 Å². The van der Waals surface area contributed by atoms with Crippen LogP contribution >= 0.6 is 0 Å². The van der Waals surface area contributed by atoms with Crippen LogP contribution in [-0.4, -0.2) is 23.9 Å². The summed E-state index contributed by atoms with van der Waals surface area (Å²) in [6, 6.07) is -0.221. The molecule has 1 aromatic heterocycles. The van der Waals surface area contributed by atoms with Crippen LogP contribution in [0.1, 0.15) is 69.6 Å². The second-order valence-electron chi connectivity index (χ2n) is 6.32. The van der Waals surface area contributed by atoms with Crippen molar-refractivity contribution in [1.29, 1.82) is 0 Å². The molecule has 19 heavy (non-hydrogen) atoms. The molecule has 0 amide bonds. The van der Waals surface area contributed by atoms with E-state index in [0.717, 1.165) is 18.7 Å². The van der Waals surface area contributed by atoms with Crippen molar-refractivity contribution in [3.8, 4) is 0 Å². The molecule has 1 aliphatic carbocycles. The van der Waals surface area contributed by atoms with Crippen molar-refractivity contribution >= 4 is 0 Å². The molecule has 0 aromatic carbocycles. The van der Waals surface area contributed by atoms with Gasteiger partial charge in [-0.2, -0.15) is 4.98 Å². The summed E-state index contributed by atoms with van der Waals surface area (Å²) >= 11 is 0. The molecule has 0 aliphatic heterocycles. The maximum atomic E-state index is 5.99. The molecule has 1 aromatic rings. The van der Waals surface area contributed by atoms with E-state index >= 15 is 0 Å². The molecule has 5 heteroatoms. The van der Waals surface area contributed by atoms with Gasteiger partial charge in [0.1, 0.15) is 0 Å². The van der Waals surface area contributed by atoms with Crippen molar-refractivity contribution in [1.82, 2.24) is 10.1 Å². The Morgan fingerprint density at radius 3 is 2.74 bits per heavy atom. The second-order valence-corrected chi connectivity index (χ2v) is 6.32. The summed E-state index contributed by atoms with van der Waals surface area (Å²) in [5.41, 5.74) is 6.45. The largest absolute Gasteiger partial charge is 0.385 e. The van der Waals surface area contributed by atoms with E-state index in [4.69, 9.17) is 15.0 Å². The minimum Gasteiger partial charge on any atom is -0.385 e. The predicted molar refractivity (Wildman–Crippen MR) is 72.7 cm³/mol. The molecule has 108 valence electrons. The lowest BCUT2D eigenvalue weighted by Gasteiger charge is -2.32. The fourth-order valence-electron chi connectivity index (χ4n) is 2.59. The summed E-state index contributed by atoms with van der Waals surface area (Å²) in [6.45, 7) is 5.26. The van der Waals surface area contributed by atoms with Crippen molar-refractivity contribution in [2.45, 2.75) is 57.9 Å². The standard InChI is InChI=1S/C14H25N3O2/c1-14(2)7-4-10(5-8-14)12-16-13(19-17-12)11(15)6-9-18-3/h10-11H,4-9,15H2,1-3H3. The van der Waals surface area contributed by atoms with E-state index in [9.17, 15) is 0 Å². The smallest absolute Gasteiger partial charge is 0.243 e. The monoisotopic (exact) mass is 267 g/mol. The third kappa shape index (κ3) is 3.76. The average Bonchev–Trinajstić information content (AvgIpc) is 2.85. The van der Waals surface area contributed by atoms with Crippen molar-refractivity contribution in [2.75, 3.05) is 13.7 Å². The first-order valence-electron chi connectivity index (χ1n) is 7.10. The molecule has 0 saturated heterocycles. The molecule has 1 fully saturated rings. The molecule has 0 spiro atoms. The van der Waals surface area contributed by atoms with Gasteiger partial charge in [-0.05, 0) is 37.5 Å². The molecule has 1 heterocycles. The number of methoxy groups -OCH3 is 1. The van der Waals surface area contributed by atoms with Crippen molar-refractivity contribution in [3.63, 3.8) is 0 Å². The Hall–Kier alpha value is -0.940. The highest BCUT2D eigenvalue weighted by Gasteiger charge is 2.30. The number of hydrogen-bond donors (Lipinski definition) is 1. The Morgan fingerprint density at radius 2 is 2.11 bits per heavy atom. The minimum absolute atomic E-state index is 0.221. The van der Waals surface area contributed by atoms with E-state index in [0.29, 0.717) is 30.3 Å². The number of ether oxygens (including phenoxy) is 1. The van der Waals surface area contributed by atoms with Gasteiger partial charge in [-0.25, -0.2) is 0 Å². The molecule has 2 rings (SSSR count). The fourth-order valence-corrected chi connectivity index (χ4v) is 2.59. The lowest BCUT2D eigenvalue weighted by Crippen LogP contribution is -2.21. The molecular formula is C14H25N3O2. The number of nitrogens with two attached hydrogens (primary N) is 1. The van der Waals surface area contributed by atoms with Crippen LogP contribution in [0.15, 0.2) is 4.52 Å². The molecular weight excluding hydrogens is 242 g/mol. The van der Waals surface area contributed by atoms with E-state index < -0.39 is 0 Å². The highest BCUT2D eigenvalue weighted by atomic mass is 16.5. The van der Waals surface area contributed by atoms with Gasteiger partial charge in [-0.3, -0.25) is 0 Å². The van der Waals surface area contributed by atoms with E-state index in [2.05, 4.69) is 24.0 Å². The van der Waals surface area contributed by atoms with Crippen molar-refractivity contribution in [3.05, 3.63) is 11.7 Å². The van der Waals surface area contributed by atoms with Crippen LogP contribution in [0.2, 0.25) is 0 Å². The summed E-state index contributed by atoms with van der Waals surface area (Å²) in [6.07, 6.45) is 5.42. The Balaban J connectivity index is 1.94. The summed E-state index contributed by atoms with van der Waals surface area (Å²) < 4.78 is 10.3. The summed E-state index contributed by atoms with van der Waals surface area (Å²) in [4.78, 5) is 4.48. The quantitative estimate of drug-likeness (QED) is 0.888. The first-order chi connectivity index (χ1) is 9.02. The Morgan fingerprint density at radius 1 is 1.42 bits per heavy atom. The predicted octanol–water partition coefficient (Wildman–Crippen LogP) is 2.79. The lowest BCUT2D eigenvalue weighted by molar-refractivity contribution is 0.182. The van der Waals surface area contributed by atoms with Crippen LogP contribution in [0.3, 0.4) is 0 Å². The first-order valence-corrected chi connectivity index (χ1v) is 7.10. The topological polar surface area (TPSA) is 74.2 Å². The zero-order valence-corrected chi connectivity index (χ0v) is 12.2. The Kier molecular flexibility index (Phi) is 4.58. The number of rotatable bonds is 5. The van der Waals surface area contributed by atoms with Crippen molar-refractivity contribution < 1.29 is 9.26 Å². The van der Waals surface area contributed by atoms with Gasteiger partial charge >= 0.3 is 0 Å². The Labute approximate surface area is 114 Å². The third-order valence-corrected chi connectivity index (χ3v) is 4.11. The molecule has 1 aliphatic rings. The van der Waals surface area contributed by atoms with E-state index in [1.165, 1.54) is 12.8 Å². The summed E-state index contributed by atoms with van der Waals surface area (Å²) in [7, 11) is 1.66. The SMILES string of the molecule is COCCC(N)c1nc(C2CCC(C)(C)CC2)no1. The normalized spacial score (nSPS) is 21.5. The summed E-state index contributed by atoms with van der Waals surface area (Å²) in [5, 5.41) is 4.11. The fraction of sp³-hybridized carbons (Fsp3) is 0.857. The van der Waals surface area contributed by atoms with Gasteiger partial charge in [0, 0.05) is 19.6 Å². The Bertz CT molecular complexity index is 393. The van der Waals surface area contributed by atoms with E-state index in [1.807, 2.05) is 0 Å². The van der Waals surface area contributed by atoms with Gasteiger partial charge in [-0.1, -0.05) is 19.0 Å². The molecule has 0 radical (unpaired) electrons. The van der Waals surface area contributed by atoms with Crippen LogP contribution in [0.5, 0.6) is 0 Å². The van der Waals surface area contributed by atoms with Gasteiger partial charge in [0.25, 0.3) is 0 Å². The molecule has 0 bridgehead atoms. The highest BCUT2D eigenvalue weighted by Crippen LogP contribution is 2.41. The van der Waals surface area contributed by atoms with Crippen LogP contribution in [0, 0.1) is 5.41 Å². The van der Waals surface area contributed by atoms with Gasteiger partial charge < -0.3 is 15.0 Å². The van der Waals surface area contributed by atoms with E-state index in [-0.39, 0.29) is 6.04 Å². The molecule has 1 atom stereocenters. The number of hydrogen-bond acceptors (Lipinski definition) is 5. The van der Waals surface area contributed by atoms with Crippen LogP contribution in [-0.2, 0) is 4.74 Å².